The molecule has 28 heavy (non-hydrogen) atoms. The maximum atomic E-state index is 4.78. The summed E-state index contributed by atoms with van der Waals surface area (Å²) in [5.41, 5.74) is 1.27. The number of aryl methyl sites for hydroxylation is 1. The molecule has 3 unspecified atom stereocenters. The number of aromatic nitrogens is 2. The molecule has 158 valence electrons. The van der Waals surface area contributed by atoms with Crippen molar-refractivity contribution in [1.82, 2.24) is 19.8 Å². The number of unbranched alkanes of at least 4 members (excludes halogenated alkanes) is 1. The predicted octanol–water partition coefficient (Wildman–Crippen LogP) is 3.98. The zero-order chi connectivity index (χ0) is 19.9. The van der Waals surface area contributed by atoms with Gasteiger partial charge in [-0.2, -0.15) is 0 Å². The molecule has 3 heterocycles. The molecule has 1 aromatic heterocycles. The molecule has 0 N–H and O–H groups in total. The highest BCUT2D eigenvalue weighted by atomic mass is 15.4. The Hall–Kier alpha value is -1.20. The second-order valence-electron chi connectivity index (χ2n) is 8.84. The smallest absolute Gasteiger partial charge is 0.225 e. The molecule has 0 aliphatic carbocycles. The molecule has 0 aromatic carbocycles. The largest absolute Gasteiger partial charge is 0.332 e. The molecule has 3 rings (SSSR count). The number of likely N-dealkylation sites (tertiary alicyclic amines) is 1. The summed E-state index contributed by atoms with van der Waals surface area (Å²) in [6.07, 6.45) is 14.2. The number of piperazine rings is 1. The third-order valence-electron chi connectivity index (χ3n) is 6.86. The Bertz CT molecular complexity index is 561. The number of hydrogen-bond donors (Lipinski definition) is 0. The Kier molecular flexibility index (Phi) is 8.10. The van der Waals surface area contributed by atoms with Crippen LogP contribution in [0.15, 0.2) is 12.4 Å². The molecule has 2 aliphatic rings. The third kappa shape index (κ3) is 5.24. The second-order valence-corrected chi connectivity index (χ2v) is 8.84. The first-order valence-electron chi connectivity index (χ1n) is 11.7. The minimum absolute atomic E-state index is 0.596. The van der Waals surface area contributed by atoms with E-state index in [2.05, 4.69) is 54.9 Å². The van der Waals surface area contributed by atoms with Gasteiger partial charge in [-0.15, -0.1) is 0 Å². The van der Waals surface area contributed by atoms with Gasteiger partial charge in [-0.05, 0) is 64.2 Å². The highest BCUT2D eigenvalue weighted by Crippen LogP contribution is 2.34. The average molecular weight is 388 g/mol. The lowest BCUT2D eigenvalue weighted by molar-refractivity contribution is 0.143. The van der Waals surface area contributed by atoms with Crippen LogP contribution in [-0.4, -0.2) is 71.1 Å². The first kappa shape index (κ1) is 21.5. The van der Waals surface area contributed by atoms with Crippen molar-refractivity contribution in [2.45, 2.75) is 90.3 Å². The lowest BCUT2D eigenvalue weighted by Crippen LogP contribution is -2.57. The molecule has 0 amide bonds. The summed E-state index contributed by atoms with van der Waals surface area (Å²) in [7, 11) is 2.18. The van der Waals surface area contributed by atoms with Crippen LogP contribution in [0, 0.1) is 0 Å². The molecule has 0 spiro atoms. The van der Waals surface area contributed by atoms with Gasteiger partial charge < -0.3 is 9.80 Å². The normalized spacial score (nSPS) is 23.5. The van der Waals surface area contributed by atoms with E-state index in [0.717, 1.165) is 31.5 Å². The summed E-state index contributed by atoms with van der Waals surface area (Å²) in [6, 6.07) is 1.95. The second kappa shape index (κ2) is 10.5. The Morgan fingerprint density at radius 2 is 1.75 bits per heavy atom. The van der Waals surface area contributed by atoms with E-state index in [9.17, 15) is 0 Å². The molecule has 2 fully saturated rings. The Labute approximate surface area is 172 Å². The molecular weight excluding hydrogens is 346 g/mol. The van der Waals surface area contributed by atoms with Crippen molar-refractivity contribution < 1.29 is 0 Å². The van der Waals surface area contributed by atoms with Crippen LogP contribution < -0.4 is 4.90 Å². The van der Waals surface area contributed by atoms with Crippen molar-refractivity contribution in [1.29, 1.82) is 0 Å². The van der Waals surface area contributed by atoms with Gasteiger partial charge in [0.25, 0.3) is 0 Å². The lowest BCUT2D eigenvalue weighted by Gasteiger charge is -2.44. The third-order valence-corrected chi connectivity index (χ3v) is 6.86. The van der Waals surface area contributed by atoms with Crippen LogP contribution in [-0.2, 0) is 6.42 Å². The van der Waals surface area contributed by atoms with Crippen LogP contribution in [0.2, 0.25) is 0 Å². The Morgan fingerprint density at radius 1 is 1.07 bits per heavy atom. The molecule has 3 atom stereocenters. The molecule has 0 saturated carbocycles. The fraction of sp³-hybridized carbons (Fsp3) is 0.826. The van der Waals surface area contributed by atoms with Crippen LogP contribution >= 0.6 is 0 Å². The Balaban J connectivity index is 1.56. The quantitative estimate of drug-likeness (QED) is 0.574. The van der Waals surface area contributed by atoms with Gasteiger partial charge in [-0.1, -0.05) is 33.6 Å². The standard InChI is InChI=1S/C23H41N5/c1-5-8-11-20(6-2)27-17-21-12-13-22(18-27)28(21)23-24-15-19(16-25-23)10-9-14-26(4)7-3/h15-16,20-22H,5-14,17-18H2,1-4H3. The highest BCUT2D eigenvalue weighted by Gasteiger charge is 2.42. The average Bonchev–Trinajstić information content (AvgIpc) is 2.98. The topological polar surface area (TPSA) is 35.5 Å². The summed E-state index contributed by atoms with van der Waals surface area (Å²) in [6.45, 7) is 11.5. The van der Waals surface area contributed by atoms with Gasteiger partial charge in [0.05, 0.1) is 0 Å². The van der Waals surface area contributed by atoms with Gasteiger partial charge in [-0.25, -0.2) is 9.97 Å². The zero-order valence-corrected chi connectivity index (χ0v) is 18.6. The Morgan fingerprint density at radius 3 is 2.32 bits per heavy atom. The van der Waals surface area contributed by atoms with Gasteiger partial charge in [0.2, 0.25) is 5.95 Å². The molecule has 2 saturated heterocycles. The van der Waals surface area contributed by atoms with E-state index in [1.807, 2.05) is 0 Å². The maximum Gasteiger partial charge on any atom is 0.225 e. The van der Waals surface area contributed by atoms with E-state index >= 15 is 0 Å². The van der Waals surface area contributed by atoms with Crippen LogP contribution in [0.25, 0.3) is 0 Å². The van der Waals surface area contributed by atoms with Crippen molar-refractivity contribution >= 4 is 5.95 Å². The van der Waals surface area contributed by atoms with Crippen LogP contribution in [0.4, 0.5) is 5.95 Å². The first-order chi connectivity index (χ1) is 13.7. The molecule has 5 nitrogen and oxygen atoms in total. The summed E-state index contributed by atoms with van der Waals surface area (Å²) in [5.74, 6) is 0.961. The zero-order valence-electron chi connectivity index (χ0n) is 18.6. The summed E-state index contributed by atoms with van der Waals surface area (Å²) < 4.78 is 0. The van der Waals surface area contributed by atoms with Gasteiger partial charge in [0.1, 0.15) is 0 Å². The molecule has 0 radical (unpaired) electrons. The van der Waals surface area contributed by atoms with Crippen molar-refractivity contribution in [3.05, 3.63) is 18.0 Å². The van der Waals surface area contributed by atoms with E-state index in [-0.39, 0.29) is 0 Å². The monoisotopic (exact) mass is 387 g/mol. The maximum absolute atomic E-state index is 4.78. The van der Waals surface area contributed by atoms with Gasteiger partial charge in [0.15, 0.2) is 0 Å². The van der Waals surface area contributed by atoms with Crippen molar-refractivity contribution in [2.75, 3.05) is 38.1 Å². The van der Waals surface area contributed by atoms with Crippen molar-refractivity contribution in [3.63, 3.8) is 0 Å². The van der Waals surface area contributed by atoms with E-state index in [4.69, 9.17) is 9.97 Å². The van der Waals surface area contributed by atoms with Gasteiger partial charge in [0, 0.05) is 43.6 Å². The molecule has 2 aliphatic heterocycles. The molecule has 2 bridgehead atoms. The molecule has 5 heteroatoms. The summed E-state index contributed by atoms with van der Waals surface area (Å²) in [4.78, 5) is 17.2. The lowest BCUT2D eigenvalue weighted by atomic mass is 10.0. The van der Waals surface area contributed by atoms with Gasteiger partial charge in [-0.3, -0.25) is 4.90 Å². The fourth-order valence-electron chi connectivity index (χ4n) is 4.97. The van der Waals surface area contributed by atoms with Crippen molar-refractivity contribution in [3.8, 4) is 0 Å². The highest BCUT2D eigenvalue weighted by molar-refractivity contribution is 5.38. The van der Waals surface area contributed by atoms with Crippen LogP contribution in [0.1, 0.15) is 71.3 Å². The minimum Gasteiger partial charge on any atom is -0.332 e. The van der Waals surface area contributed by atoms with Crippen LogP contribution in [0.5, 0.6) is 0 Å². The van der Waals surface area contributed by atoms with E-state index in [1.165, 1.54) is 63.6 Å². The molecular formula is C23H41N5. The fourth-order valence-corrected chi connectivity index (χ4v) is 4.97. The van der Waals surface area contributed by atoms with Crippen molar-refractivity contribution in [2.24, 2.45) is 0 Å². The number of hydrogen-bond acceptors (Lipinski definition) is 5. The predicted molar refractivity (Wildman–Crippen MR) is 118 cm³/mol. The molecule has 1 aromatic rings. The van der Waals surface area contributed by atoms with Crippen LogP contribution in [0.3, 0.4) is 0 Å². The van der Waals surface area contributed by atoms with E-state index in [0.29, 0.717) is 12.1 Å². The summed E-state index contributed by atoms with van der Waals surface area (Å²) in [5, 5.41) is 0. The minimum atomic E-state index is 0.596. The SMILES string of the molecule is CCCCC(CC)N1CC2CCC(C1)N2c1ncc(CCCN(C)CC)cn1. The van der Waals surface area contributed by atoms with E-state index < -0.39 is 0 Å². The van der Waals surface area contributed by atoms with Gasteiger partial charge >= 0.3 is 0 Å². The summed E-state index contributed by atoms with van der Waals surface area (Å²) >= 11 is 0. The number of rotatable bonds is 11. The van der Waals surface area contributed by atoms with E-state index in [1.54, 1.807) is 0 Å². The first-order valence-corrected chi connectivity index (χ1v) is 11.7. The number of nitrogens with zero attached hydrogens (tertiary/aromatic N) is 5. The number of anilines is 1. The number of fused-ring (bicyclic) bond motifs is 2.